The van der Waals surface area contributed by atoms with E-state index in [0.717, 1.165) is 33.8 Å². The molecule has 6 nitrogen and oxygen atoms in total. The second-order valence-electron chi connectivity index (χ2n) is 7.61. The molecule has 0 saturated carbocycles. The van der Waals surface area contributed by atoms with Crippen LogP contribution < -0.4 is 4.74 Å². The number of hydrogen-bond donors (Lipinski definition) is 0. The van der Waals surface area contributed by atoms with E-state index in [1.54, 1.807) is 11.2 Å². The second-order valence-corrected chi connectivity index (χ2v) is 7.61. The lowest BCUT2D eigenvalue weighted by Gasteiger charge is -2.39. The molecule has 1 aliphatic rings. The lowest BCUT2D eigenvalue weighted by molar-refractivity contribution is -0.131. The van der Waals surface area contributed by atoms with E-state index in [0.29, 0.717) is 19.5 Å². The van der Waals surface area contributed by atoms with Gasteiger partial charge >= 0.3 is 0 Å². The topological polar surface area (TPSA) is 60.2 Å². The highest BCUT2D eigenvalue weighted by Crippen LogP contribution is 2.29. The van der Waals surface area contributed by atoms with Crippen molar-refractivity contribution in [1.82, 2.24) is 19.4 Å². The van der Waals surface area contributed by atoms with Gasteiger partial charge in [0.1, 0.15) is 17.8 Å². The van der Waals surface area contributed by atoms with Gasteiger partial charge in [0.25, 0.3) is 0 Å². The van der Waals surface area contributed by atoms with Gasteiger partial charge in [-0.05, 0) is 42.0 Å². The van der Waals surface area contributed by atoms with E-state index in [9.17, 15) is 4.79 Å². The van der Waals surface area contributed by atoms with E-state index >= 15 is 0 Å². The SMILES string of the molecule is C=CC(=O)N1CC(n2ccc3ncnc(Cc4ccc(Oc5ccccc5)cc4)c32)C1. The highest BCUT2D eigenvalue weighted by Gasteiger charge is 2.31. The fourth-order valence-electron chi connectivity index (χ4n) is 3.93. The van der Waals surface area contributed by atoms with Crippen LogP contribution in [-0.4, -0.2) is 38.4 Å². The van der Waals surface area contributed by atoms with Crippen molar-refractivity contribution in [3.8, 4) is 11.5 Å². The molecular formula is C25H22N4O2. The fraction of sp³-hybridized carbons (Fsp3) is 0.160. The molecule has 0 spiro atoms. The highest BCUT2D eigenvalue weighted by atomic mass is 16.5. The number of nitrogens with zero attached hydrogens (tertiary/aromatic N) is 4. The van der Waals surface area contributed by atoms with E-state index in [4.69, 9.17) is 4.74 Å². The van der Waals surface area contributed by atoms with Gasteiger partial charge in [-0.3, -0.25) is 4.79 Å². The third-order valence-electron chi connectivity index (χ3n) is 5.59. The number of aromatic nitrogens is 3. The summed E-state index contributed by atoms with van der Waals surface area (Å²) in [7, 11) is 0. The first-order valence-corrected chi connectivity index (χ1v) is 10.2. The minimum Gasteiger partial charge on any atom is -0.457 e. The van der Waals surface area contributed by atoms with Crippen LogP contribution in [-0.2, 0) is 11.2 Å². The van der Waals surface area contributed by atoms with Gasteiger partial charge < -0.3 is 14.2 Å². The molecule has 1 fully saturated rings. The van der Waals surface area contributed by atoms with Crippen LogP contribution in [0, 0.1) is 0 Å². The van der Waals surface area contributed by atoms with Crippen molar-refractivity contribution < 1.29 is 9.53 Å². The van der Waals surface area contributed by atoms with E-state index in [2.05, 4.69) is 33.2 Å². The number of amides is 1. The average Bonchev–Trinajstić information content (AvgIpc) is 3.19. The van der Waals surface area contributed by atoms with Crippen LogP contribution in [0.4, 0.5) is 0 Å². The Balaban J connectivity index is 1.35. The lowest BCUT2D eigenvalue weighted by Crippen LogP contribution is -2.50. The molecule has 1 aliphatic heterocycles. The van der Waals surface area contributed by atoms with Crippen LogP contribution in [0.25, 0.3) is 11.0 Å². The van der Waals surface area contributed by atoms with Crippen molar-refractivity contribution in [2.75, 3.05) is 13.1 Å². The van der Waals surface area contributed by atoms with Crippen molar-refractivity contribution in [3.05, 3.63) is 97.1 Å². The molecule has 5 rings (SSSR count). The maximum absolute atomic E-state index is 11.8. The summed E-state index contributed by atoms with van der Waals surface area (Å²) in [5, 5.41) is 0. The molecular weight excluding hydrogens is 388 g/mol. The molecule has 2 aromatic carbocycles. The van der Waals surface area contributed by atoms with Crippen molar-refractivity contribution in [2.45, 2.75) is 12.5 Å². The molecule has 0 unspecified atom stereocenters. The Morgan fingerprint density at radius 1 is 1.03 bits per heavy atom. The van der Waals surface area contributed by atoms with Gasteiger partial charge in [0.05, 0.1) is 22.8 Å². The van der Waals surface area contributed by atoms with Crippen LogP contribution in [0.5, 0.6) is 11.5 Å². The third kappa shape index (κ3) is 3.80. The third-order valence-corrected chi connectivity index (χ3v) is 5.59. The fourth-order valence-corrected chi connectivity index (χ4v) is 3.93. The maximum atomic E-state index is 11.8. The van der Waals surface area contributed by atoms with Gasteiger partial charge in [-0.1, -0.05) is 36.9 Å². The predicted octanol–water partition coefficient (Wildman–Crippen LogP) is 4.38. The Bertz CT molecular complexity index is 1230. The highest BCUT2D eigenvalue weighted by molar-refractivity contribution is 5.87. The molecule has 154 valence electrons. The van der Waals surface area contributed by atoms with Crippen molar-refractivity contribution in [2.24, 2.45) is 0 Å². The predicted molar refractivity (Wildman–Crippen MR) is 119 cm³/mol. The van der Waals surface area contributed by atoms with Crippen molar-refractivity contribution in [3.63, 3.8) is 0 Å². The molecule has 1 amide bonds. The zero-order chi connectivity index (χ0) is 21.2. The van der Waals surface area contributed by atoms with Crippen LogP contribution in [0.1, 0.15) is 17.3 Å². The minimum atomic E-state index is -0.0259. The van der Waals surface area contributed by atoms with E-state index in [-0.39, 0.29) is 11.9 Å². The maximum Gasteiger partial charge on any atom is 0.246 e. The molecule has 1 saturated heterocycles. The Morgan fingerprint density at radius 3 is 2.52 bits per heavy atom. The zero-order valence-corrected chi connectivity index (χ0v) is 17.0. The zero-order valence-electron chi connectivity index (χ0n) is 17.0. The molecule has 0 bridgehead atoms. The summed E-state index contributed by atoms with van der Waals surface area (Å²) in [5.74, 6) is 1.59. The molecule has 0 atom stereocenters. The molecule has 0 N–H and O–H groups in total. The van der Waals surface area contributed by atoms with E-state index in [1.807, 2.05) is 54.7 Å². The van der Waals surface area contributed by atoms with Crippen molar-refractivity contribution >= 4 is 16.9 Å². The quantitative estimate of drug-likeness (QED) is 0.443. The molecule has 31 heavy (non-hydrogen) atoms. The van der Waals surface area contributed by atoms with E-state index < -0.39 is 0 Å². The molecule has 6 heteroatoms. The average molecular weight is 410 g/mol. The first kappa shape index (κ1) is 19.1. The minimum absolute atomic E-state index is 0.0259. The normalized spacial score (nSPS) is 13.7. The molecule has 0 radical (unpaired) electrons. The summed E-state index contributed by atoms with van der Waals surface area (Å²) in [5.41, 5.74) is 4.07. The second kappa shape index (κ2) is 8.07. The first-order valence-electron chi connectivity index (χ1n) is 10.2. The lowest BCUT2D eigenvalue weighted by atomic mass is 10.1. The number of para-hydroxylation sites is 1. The summed E-state index contributed by atoms with van der Waals surface area (Å²) in [6.07, 6.45) is 5.71. The summed E-state index contributed by atoms with van der Waals surface area (Å²) < 4.78 is 8.08. The summed E-state index contributed by atoms with van der Waals surface area (Å²) in [4.78, 5) is 22.6. The number of benzene rings is 2. The van der Waals surface area contributed by atoms with E-state index in [1.165, 1.54) is 6.08 Å². The largest absolute Gasteiger partial charge is 0.457 e. The standard InChI is InChI=1S/C25H22N4O2/c1-2-24(30)28-15-19(16-28)29-13-12-22-25(29)23(27-17-26-22)14-18-8-10-21(11-9-18)31-20-6-4-3-5-7-20/h2-13,17,19H,1,14-16H2. The number of likely N-dealkylation sites (tertiary alicyclic amines) is 1. The number of carbonyl (C=O) groups is 1. The summed E-state index contributed by atoms with van der Waals surface area (Å²) in [6.45, 7) is 4.91. The summed E-state index contributed by atoms with van der Waals surface area (Å²) >= 11 is 0. The molecule has 2 aromatic heterocycles. The summed E-state index contributed by atoms with van der Waals surface area (Å²) in [6, 6.07) is 20.1. The van der Waals surface area contributed by atoms with Crippen LogP contribution >= 0.6 is 0 Å². The van der Waals surface area contributed by atoms with Gasteiger partial charge in [-0.15, -0.1) is 0 Å². The number of rotatable bonds is 6. The number of carbonyl (C=O) groups excluding carboxylic acids is 1. The molecule has 3 heterocycles. The smallest absolute Gasteiger partial charge is 0.246 e. The van der Waals surface area contributed by atoms with Gasteiger partial charge in [0.2, 0.25) is 5.91 Å². The number of ether oxygens (including phenoxy) is 1. The van der Waals surface area contributed by atoms with Crippen LogP contribution in [0.2, 0.25) is 0 Å². The Labute approximate surface area is 180 Å². The number of fused-ring (bicyclic) bond motifs is 1. The van der Waals surface area contributed by atoms with Crippen LogP contribution in [0.15, 0.2) is 85.8 Å². The van der Waals surface area contributed by atoms with Gasteiger partial charge in [0.15, 0.2) is 0 Å². The first-order chi connectivity index (χ1) is 15.2. The Hall–Kier alpha value is -3.93. The Kier molecular flexibility index (Phi) is 4.96. The number of hydrogen-bond acceptors (Lipinski definition) is 4. The molecule has 4 aromatic rings. The Morgan fingerprint density at radius 2 is 1.77 bits per heavy atom. The molecule has 0 aliphatic carbocycles. The van der Waals surface area contributed by atoms with Gasteiger partial charge in [0, 0.05) is 25.7 Å². The van der Waals surface area contributed by atoms with Gasteiger partial charge in [-0.2, -0.15) is 0 Å². The van der Waals surface area contributed by atoms with Gasteiger partial charge in [-0.25, -0.2) is 9.97 Å². The van der Waals surface area contributed by atoms with Crippen molar-refractivity contribution in [1.29, 1.82) is 0 Å². The monoisotopic (exact) mass is 410 g/mol. The van der Waals surface area contributed by atoms with Crippen LogP contribution in [0.3, 0.4) is 0 Å².